The number of fused-ring (bicyclic) bond motifs is 1. The van der Waals surface area contributed by atoms with Crippen LogP contribution in [0.15, 0.2) is 6.20 Å². The van der Waals surface area contributed by atoms with Crippen molar-refractivity contribution < 1.29 is 9.59 Å². The average molecular weight is 262 g/mol. The summed E-state index contributed by atoms with van der Waals surface area (Å²) >= 11 is 0. The molecule has 3 heterocycles. The summed E-state index contributed by atoms with van der Waals surface area (Å²) < 4.78 is 2.08. The third kappa shape index (κ3) is 2.62. The number of aromatic nitrogens is 2. The molecule has 0 saturated carbocycles. The molecule has 0 radical (unpaired) electrons. The number of nitrogens with one attached hydrogen (secondary N) is 2. The first kappa shape index (κ1) is 12.2. The molecule has 1 aromatic rings. The largest absolute Gasteiger partial charge is 0.353 e. The van der Waals surface area contributed by atoms with Crippen molar-refractivity contribution in [2.45, 2.75) is 51.1 Å². The number of amides is 2. The zero-order valence-corrected chi connectivity index (χ0v) is 10.8. The number of carbonyl (C=O) groups excluding carboxylic acids is 2. The fourth-order valence-electron chi connectivity index (χ4n) is 2.76. The van der Waals surface area contributed by atoms with Gasteiger partial charge in [0.25, 0.3) is 0 Å². The molecule has 1 saturated heterocycles. The van der Waals surface area contributed by atoms with E-state index in [9.17, 15) is 9.59 Å². The lowest BCUT2D eigenvalue weighted by atomic mass is 10.1. The molecule has 19 heavy (non-hydrogen) atoms. The summed E-state index contributed by atoms with van der Waals surface area (Å²) in [6, 6.07) is -0.0174. The maximum absolute atomic E-state index is 12.0. The quantitative estimate of drug-likeness (QED) is 0.847. The van der Waals surface area contributed by atoms with E-state index in [4.69, 9.17) is 0 Å². The van der Waals surface area contributed by atoms with Crippen molar-refractivity contribution in [1.29, 1.82) is 0 Å². The van der Waals surface area contributed by atoms with Crippen molar-refractivity contribution in [2.24, 2.45) is 0 Å². The summed E-state index contributed by atoms with van der Waals surface area (Å²) in [6.45, 7) is 0.922. The van der Waals surface area contributed by atoms with Gasteiger partial charge in [-0.15, -0.1) is 0 Å². The second-order valence-electron chi connectivity index (χ2n) is 5.22. The maximum Gasteiger partial charge on any atom is 0.227 e. The highest BCUT2D eigenvalue weighted by Crippen LogP contribution is 2.20. The maximum atomic E-state index is 12.0. The van der Waals surface area contributed by atoms with Gasteiger partial charge in [-0.2, -0.15) is 0 Å². The molecule has 2 amide bonds. The summed E-state index contributed by atoms with van der Waals surface area (Å²) in [7, 11) is 0. The predicted octanol–water partition coefficient (Wildman–Crippen LogP) is 0.827. The lowest BCUT2D eigenvalue weighted by Crippen LogP contribution is -2.30. The monoisotopic (exact) mass is 262 g/mol. The van der Waals surface area contributed by atoms with Crippen molar-refractivity contribution >= 4 is 17.6 Å². The minimum atomic E-state index is -0.0551. The first-order valence-corrected chi connectivity index (χ1v) is 6.86. The van der Waals surface area contributed by atoms with Crippen molar-refractivity contribution in [2.75, 3.05) is 5.32 Å². The van der Waals surface area contributed by atoms with Crippen molar-refractivity contribution in [1.82, 2.24) is 14.9 Å². The first-order chi connectivity index (χ1) is 9.22. The summed E-state index contributed by atoms with van der Waals surface area (Å²) in [5.74, 6) is 1.82. The first-order valence-electron chi connectivity index (χ1n) is 6.86. The molecule has 1 unspecified atom stereocenters. The van der Waals surface area contributed by atoms with E-state index in [0.29, 0.717) is 12.8 Å². The van der Waals surface area contributed by atoms with E-state index in [1.165, 1.54) is 6.42 Å². The lowest BCUT2D eigenvalue weighted by Gasteiger charge is -2.17. The number of anilines is 1. The number of hydrogen-bond acceptors (Lipinski definition) is 3. The molecule has 2 aliphatic rings. The molecule has 102 valence electrons. The van der Waals surface area contributed by atoms with Crippen LogP contribution in [0.4, 0.5) is 5.82 Å². The molecule has 0 bridgehead atoms. The Morgan fingerprint density at radius 1 is 1.47 bits per heavy atom. The van der Waals surface area contributed by atoms with Gasteiger partial charge in [-0.25, -0.2) is 4.98 Å². The molecular formula is C13H18N4O2. The summed E-state index contributed by atoms with van der Waals surface area (Å²) in [4.78, 5) is 27.4. The topological polar surface area (TPSA) is 76.0 Å². The van der Waals surface area contributed by atoms with Gasteiger partial charge in [-0.3, -0.25) is 9.59 Å². The van der Waals surface area contributed by atoms with E-state index in [-0.39, 0.29) is 17.9 Å². The molecular weight excluding hydrogens is 244 g/mol. The van der Waals surface area contributed by atoms with Crippen molar-refractivity contribution in [3.8, 4) is 0 Å². The number of imidazole rings is 1. The molecule has 2 N–H and O–H groups in total. The smallest absolute Gasteiger partial charge is 0.227 e. The Morgan fingerprint density at radius 3 is 3.16 bits per heavy atom. The van der Waals surface area contributed by atoms with Gasteiger partial charge in [0.1, 0.15) is 11.6 Å². The summed E-state index contributed by atoms with van der Waals surface area (Å²) in [6.07, 6.45) is 6.62. The van der Waals surface area contributed by atoms with E-state index in [0.717, 1.165) is 37.4 Å². The van der Waals surface area contributed by atoms with E-state index >= 15 is 0 Å². The Balaban J connectivity index is 1.60. The molecule has 0 spiro atoms. The number of nitrogens with zero attached hydrogens (tertiary/aromatic N) is 2. The van der Waals surface area contributed by atoms with Gasteiger partial charge in [0.15, 0.2) is 0 Å². The van der Waals surface area contributed by atoms with E-state index in [2.05, 4.69) is 20.2 Å². The molecule has 0 aliphatic carbocycles. The van der Waals surface area contributed by atoms with Gasteiger partial charge in [0, 0.05) is 31.8 Å². The van der Waals surface area contributed by atoms with Gasteiger partial charge >= 0.3 is 0 Å². The average Bonchev–Trinajstić information content (AvgIpc) is 2.97. The Bertz CT molecular complexity index is 509. The van der Waals surface area contributed by atoms with Crippen LogP contribution in [0.2, 0.25) is 0 Å². The zero-order chi connectivity index (χ0) is 13.2. The molecule has 1 aromatic heterocycles. The third-order valence-electron chi connectivity index (χ3n) is 3.75. The molecule has 2 aliphatic heterocycles. The molecule has 0 aromatic carbocycles. The van der Waals surface area contributed by atoms with Crippen molar-refractivity contribution in [3.63, 3.8) is 0 Å². The minimum absolute atomic E-state index is 0.0174. The standard InChI is InChI=1S/C13H18N4O2/c18-12-5-4-9(15-12)7-13(19)16-11-8-14-10-3-1-2-6-17(10)11/h8-9H,1-7H2,(H,15,18)(H,16,19). The fourth-order valence-corrected chi connectivity index (χ4v) is 2.76. The van der Waals surface area contributed by atoms with Gasteiger partial charge in [0.2, 0.25) is 11.8 Å². The Morgan fingerprint density at radius 2 is 2.37 bits per heavy atom. The molecule has 3 rings (SSSR count). The zero-order valence-electron chi connectivity index (χ0n) is 10.8. The summed E-state index contributed by atoms with van der Waals surface area (Å²) in [5, 5.41) is 5.71. The Labute approximate surface area is 111 Å². The minimum Gasteiger partial charge on any atom is -0.353 e. The van der Waals surface area contributed by atoms with Crippen LogP contribution in [0.1, 0.15) is 37.9 Å². The predicted molar refractivity (Wildman–Crippen MR) is 69.6 cm³/mol. The number of aryl methyl sites for hydroxylation is 1. The van der Waals surface area contributed by atoms with Crippen LogP contribution in [-0.4, -0.2) is 27.4 Å². The molecule has 6 heteroatoms. The Kier molecular flexibility index (Phi) is 3.23. The van der Waals surface area contributed by atoms with Crippen LogP contribution in [0.25, 0.3) is 0 Å². The molecule has 1 fully saturated rings. The highest BCUT2D eigenvalue weighted by molar-refractivity contribution is 5.91. The van der Waals surface area contributed by atoms with Gasteiger partial charge in [0.05, 0.1) is 6.20 Å². The molecule has 6 nitrogen and oxygen atoms in total. The number of carbonyl (C=O) groups is 2. The fraction of sp³-hybridized carbons (Fsp3) is 0.615. The van der Waals surface area contributed by atoms with Crippen LogP contribution in [0.3, 0.4) is 0 Å². The number of hydrogen-bond donors (Lipinski definition) is 2. The van der Waals surface area contributed by atoms with Gasteiger partial charge in [-0.05, 0) is 19.3 Å². The molecule has 1 atom stereocenters. The van der Waals surface area contributed by atoms with Crippen molar-refractivity contribution in [3.05, 3.63) is 12.0 Å². The normalized spacial score (nSPS) is 21.9. The highest BCUT2D eigenvalue weighted by Gasteiger charge is 2.24. The van der Waals surface area contributed by atoms with E-state index < -0.39 is 0 Å². The highest BCUT2D eigenvalue weighted by atomic mass is 16.2. The number of rotatable bonds is 3. The van der Waals surface area contributed by atoms with Gasteiger partial charge < -0.3 is 15.2 Å². The SMILES string of the molecule is O=C(CC1CCC(=O)N1)Nc1cnc2n1CCCC2. The van der Waals surface area contributed by atoms with E-state index in [1.54, 1.807) is 6.20 Å². The second-order valence-corrected chi connectivity index (χ2v) is 5.22. The summed E-state index contributed by atoms with van der Waals surface area (Å²) in [5.41, 5.74) is 0. The van der Waals surface area contributed by atoms with Gasteiger partial charge in [-0.1, -0.05) is 0 Å². The second kappa shape index (κ2) is 5.03. The Hall–Kier alpha value is -1.85. The van der Waals surface area contributed by atoms with Crippen LogP contribution >= 0.6 is 0 Å². The lowest BCUT2D eigenvalue weighted by molar-refractivity contribution is -0.119. The third-order valence-corrected chi connectivity index (χ3v) is 3.75. The van der Waals surface area contributed by atoms with Crippen LogP contribution < -0.4 is 10.6 Å². The van der Waals surface area contributed by atoms with Crippen LogP contribution in [0.5, 0.6) is 0 Å². The van der Waals surface area contributed by atoms with Crippen LogP contribution in [-0.2, 0) is 22.6 Å². The van der Waals surface area contributed by atoms with Crippen LogP contribution in [0, 0.1) is 0 Å². The van der Waals surface area contributed by atoms with E-state index in [1.807, 2.05) is 0 Å².